The normalized spacial score (nSPS) is 22.5. The first kappa shape index (κ1) is 23.0. The van der Waals surface area contributed by atoms with Gasteiger partial charge in [-0.05, 0) is 37.5 Å². The zero-order valence-electron chi connectivity index (χ0n) is 17.0. The fraction of sp³-hybridized carbons (Fsp3) is 0.650. The number of hydrogen-bond acceptors (Lipinski definition) is 5. The molecule has 0 radical (unpaired) electrons. The topological polar surface area (TPSA) is 64.6 Å². The van der Waals surface area contributed by atoms with E-state index in [-0.39, 0.29) is 36.2 Å². The van der Waals surface area contributed by atoms with Crippen LogP contribution in [0.4, 0.5) is 0 Å². The summed E-state index contributed by atoms with van der Waals surface area (Å²) >= 11 is 0. The second kappa shape index (κ2) is 11.7. The molecule has 0 aromatic heterocycles. The number of hydrogen-bond donors (Lipinski definition) is 1. The van der Waals surface area contributed by atoms with Crippen molar-refractivity contribution >= 4 is 29.9 Å². The smallest absolute Gasteiger partial charge is 0.194 e. The van der Waals surface area contributed by atoms with Gasteiger partial charge in [0.25, 0.3) is 0 Å². The van der Waals surface area contributed by atoms with Crippen LogP contribution in [0.25, 0.3) is 0 Å². The summed E-state index contributed by atoms with van der Waals surface area (Å²) in [5.41, 5.74) is 1.11. The molecule has 2 heterocycles. The Hall–Kier alpha value is -1.26. The molecule has 0 aliphatic carbocycles. The highest BCUT2D eigenvalue weighted by Gasteiger charge is 2.32. The van der Waals surface area contributed by atoms with E-state index < -0.39 is 0 Å². The van der Waals surface area contributed by atoms with E-state index in [1.807, 2.05) is 32.2 Å². The van der Waals surface area contributed by atoms with Gasteiger partial charge in [0.15, 0.2) is 17.5 Å². The summed E-state index contributed by atoms with van der Waals surface area (Å²) in [6.07, 6.45) is 2.53. The largest absolute Gasteiger partial charge is 0.493 e. The van der Waals surface area contributed by atoms with Gasteiger partial charge in [-0.1, -0.05) is 6.07 Å². The molecule has 1 aromatic rings. The number of ether oxygens (including phenoxy) is 4. The van der Waals surface area contributed by atoms with E-state index in [4.69, 9.17) is 18.9 Å². The molecule has 0 amide bonds. The van der Waals surface area contributed by atoms with Crippen LogP contribution in [-0.4, -0.2) is 70.1 Å². The summed E-state index contributed by atoms with van der Waals surface area (Å²) in [4.78, 5) is 6.71. The Balaban J connectivity index is 0.00000280. The number of aliphatic imine (C=N–C) groups is 1. The van der Waals surface area contributed by atoms with Crippen molar-refractivity contribution in [1.29, 1.82) is 0 Å². The highest BCUT2D eigenvalue weighted by Crippen LogP contribution is 2.28. The monoisotopic (exact) mass is 505 g/mol. The molecule has 2 aliphatic rings. The molecule has 158 valence electrons. The Morgan fingerprint density at radius 2 is 2.07 bits per heavy atom. The first-order valence-corrected chi connectivity index (χ1v) is 9.73. The number of rotatable bonds is 6. The maximum atomic E-state index is 5.94. The van der Waals surface area contributed by atoms with Crippen LogP contribution in [0.2, 0.25) is 0 Å². The van der Waals surface area contributed by atoms with Gasteiger partial charge in [-0.25, -0.2) is 0 Å². The molecule has 0 bridgehead atoms. The molecule has 8 heteroatoms. The third-order valence-electron chi connectivity index (χ3n) is 4.96. The molecule has 3 rings (SSSR count). The van der Waals surface area contributed by atoms with Crippen molar-refractivity contribution in [2.45, 2.75) is 38.5 Å². The van der Waals surface area contributed by atoms with Crippen LogP contribution in [0.15, 0.2) is 23.2 Å². The Morgan fingerprint density at radius 1 is 1.25 bits per heavy atom. The van der Waals surface area contributed by atoms with Crippen molar-refractivity contribution in [2.75, 3.05) is 47.1 Å². The lowest BCUT2D eigenvalue weighted by Crippen LogP contribution is -2.53. The molecule has 2 fully saturated rings. The maximum absolute atomic E-state index is 5.94. The van der Waals surface area contributed by atoms with Crippen LogP contribution in [0.1, 0.15) is 25.3 Å². The van der Waals surface area contributed by atoms with Gasteiger partial charge in [0.05, 0.1) is 26.4 Å². The highest BCUT2D eigenvalue weighted by atomic mass is 127. The summed E-state index contributed by atoms with van der Waals surface area (Å²) in [5, 5.41) is 3.45. The minimum atomic E-state index is 0. The number of benzene rings is 1. The standard InChI is InChI=1S/C20H31N3O4.HI/c1-4-25-17-8-7-15(12-18(17)24-3)13-22-20(21-2)23-9-11-27-19(14-23)16-6-5-10-26-16;/h7-8,12,16,19H,4-6,9-11,13-14H2,1-3H3,(H,21,22);1H. The van der Waals surface area contributed by atoms with E-state index >= 15 is 0 Å². The van der Waals surface area contributed by atoms with Crippen molar-refractivity contribution < 1.29 is 18.9 Å². The third-order valence-corrected chi connectivity index (χ3v) is 4.96. The van der Waals surface area contributed by atoms with Crippen LogP contribution >= 0.6 is 24.0 Å². The van der Waals surface area contributed by atoms with Crippen molar-refractivity contribution in [3.63, 3.8) is 0 Å². The van der Waals surface area contributed by atoms with E-state index in [9.17, 15) is 0 Å². The maximum Gasteiger partial charge on any atom is 0.194 e. The van der Waals surface area contributed by atoms with Gasteiger partial charge in [-0.3, -0.25) is 4.99 Å². The summed E-state index contributed by atoms with van der Waals surface area (Å²) in [6.45, 7) is 6.41. The number of methoxy groups -OCH3 is 1. The fourth-order valence-electron chi connectivity index (χ4n) is 3.60. The van der Waals surface area contributed by atoms with Gasteiger partial charge in [0.2, 0.25) is 0 Å². The Bertz CT molecular complexity index is 638. The zero-order chi connectivity index (χ0) is 19.1. The Labute approximate surface area is 184 Å². The number of nitrogens with one attached hydrogen (secondary N) is 1. The zero-order valence-corrected chi connectivity index (χ0v) is 19.3. The summed E-state index contributed by atoms with van der Waals surface area (Å²) in [5.74, 6) is 2.39. The van der Waals surface area contributed by atoms with Gasteiger partial charge in [0, 0.05) is 33.3 Å². The van der Waals surface area contributed by atoms with E-state index in [1.165, 1.54) is 0 Å². The second-order valence-electron chi connectivity index (χ2n) is 6.73. The van der Waals surface area contributed by atoms with Crippen LogP contribution in [0.3, 0.4) is 0 Å². The van der Waals surface area contributed by atoms with Crippen molar-refractivity contribution in [2.24, 2.45) is 4.99 Å². The summed E-state index contributed by atoms with van der Waals surface area (Å²) < 4.78 is 22.8. The average molecular weight is 505 g/mol. The first-order valence-electron chi connectivity index (χ1n) is 9.73. The Morgan fingerprint density at radius 3 is 2.75 bits per heavy atom. The lowest BCUT2D eigenvalue weighted by molar-refractivity contribution is -0.0817. The number of morpholine rings is 1. The van der Waals surface area contributed by atoms with Gasteiger partial charge in [0.1, 0.15) is 6.10 Å². The summed E-state index contributed by atoms with van der Waals surface area (Å²) in [6, 6.07) is 5.99. The van der Waals surface area contributed by atoms with Gasteiger partial charge in [-0.15, -0.1) is 24.0 Å². The van der Waals surface area contributed by atoms with E-state index in [2.05, 4.69) is 15.2 Å². The molecule has 2 atom stereocenters. The third kappa shape index (κ3) is 5.87. The highest BCUT2D eigenvalue weighted by molar-refractivity contribution is 14.0. The second-order valence-corrected chi connectivity index (χ2v) is 6.73. The van der Waals surface area contributed by atoms with Gasteiger partial charge < -0.3 is 29.2 Å². The molecule has 2 unspecified atom stereocenters. The lowest BCUT2D eigenvalue weighted by Gasteiger charge is -2.37. The average Bonchev–Trinajstić information content (AvgIpc) is 3.25. The lowest BCUT2D eigenvalue weighted by atomic mass is 10.1. The van der Waals surface area contributed by atoms with E-state index in [1.54, 1.807) is 7.11 Å². The van der Waals surface area contributed by atoms with E-state index in [0.717, 1.165) is 55.6 Å². The van der Waals surface area contributed by atoms with Crippen molar-refractivity contribution in [1.82, 2.24) is 10.2 Å². The minimum absolute atomic E-state index is 0. The molecular weight excluding hydrogens is 473 g/mol. The molecule has 28 heavy (non-hydrogen) atoms. The number of halogens is 1. The summed E-state index contributed by atoms with van der Waals surface area (Å²) in [7, 11) is 3.48. The van der Waals surface area contributed by atoms with Crippen molar-refractivity contribution in [3.8, 4) is 11.5 Å². The molecule has 7 nitrogen and oxygen atoms in total. The number of nitrogens with zero attached hydrogens (tertiary/aromatic N) is 2. The van der Waals surface area contributed by atoms with Gasteiger partial charge >= 0.3 is 0 Å². The molecule has 1 aromatic carbocycles. The first-order chi connectivity index (χ1) is 13.2. The molecule has 2 saturated heterocycles. The predicted molar refractivity (Wildman–Crippen MR) is 120 cm³/mol. The molecule has 1 N–H and O–H groups in total. The predicted octanol–water partition coefficient (Wildman–Crippen LogP) is 2.67. The molecule has 0 saturated carbocycles. The van der Waals surface area contributed by atoms with E-state index in [0.29, 0.717) is 19.8 Å². The molecule has 0 spiro atoms. The number of guanidine groups is 1. The molecule has 2 aliphatic heterocycles. The van der Waals surface area contributed by atoms with Gasteiger partial charge in [-0.2, -0.15) is 0 Å². The molecular formula is C20H32IN3O4. The van der Waals surface area contributed by atoms with Crippen LogP contribution in [-0.2, 0) is 16.0 Å². The quantitative estimate of drug-likeness (QED) is 0.365. The Kier molecular flexibility index (Phi) is 9.60. The minimum Gasteiger partial charge on any atom is -0.493 e. The van der Waals surface area contributed by atoms with Crippen LogP contribution in [0.5, 0.6) is 11.5 Å². The van der Waals surface area contributed by atoms with Crippen LogP contribution in [0, 0.1) is 0 Å². The van der Waals surface area contributed by atoms with Crippen LogP contribution < -0.4 is 14.8 Å². The SMILES string of the molecule is CCOc1ccc(CNC(=NC)N2CCOC(C3CCCO3)C2)cc1OC.I. The van der Waals surface area contributed by atoms with Crippen molar-refractivity contribution in [3.05, 3.63) is 23.8 Å². The fourth-order valence-corrected chi connectivity index (χ4v) is 3.60.